The van der Waals surface area contributed by atoms with Crippen LogP contribution in [0.2, 0.25) is 0 Å². The van der Waals surface area contributed by atoms with Crippen molar-refractivity contribution in [3.05, 3.63) is 35.1 Å². The van der Waals surface area contributed by atoms with Crippen LogP contribution in [0, 0.1) is 5.82 Å². The molecule has 0 saturated heterocycles. The monoisotopic (exact) mass is 192 g/mol. The fourth-order valence-corrected chi connectivity index (χ4v) is 2.03. The van der Waals surface area contributed by atoms with Crippen LogP contribution >= 0.6 is 0 Å². The van der Waals surface area contributed by atoms with Crippen molar-refractivity contribution in [3.8, 4) is 0 Å². The second-order valence-electron chi connectivity index (χ2n) is 4.50. The van der Waals surface area contributed by atoms with E-state index in [2.05, 4.69) is 13.8 Å². The van der Waals surface area contributed by atoms with E-state index >= 15 is 0 Å². The number of ketones is 1. The molecule has 74 valence electrons. The molecule has 0 N–H and O–H groups in total. The second kappa shape index (κ2) is 2.91. The maximum Gasteiger partial charge on any atom is 0.163 e. The number of carbonyl (C=O) groups excluding carboxylic acids is 1. The molecule has 0 fully saturated rings. The van der Waals surface area contributed by atoms with Crippen molar-refractivity contribution in [2.75, 3.05) is 0 Å². The van der Waals surface area contributed by atoms with Crippen molar-refractivity contribution in [1.29, 1.82) is 0 Å². The zero-order valence-electron chi connectivity index (χ0n) is 8.43. The lowest BCUT2D eigenvalue weighted by Gasteiger charge is -2.31. The first-order valence-corrected chi connectivity index (χ1v) is 4.84. The number of halogens is 1. The molecular formula is C12H13FO. The summed E-state index contributed by atoms with van der Waals surface area (Å²) >= 11 is 0. The Morgan fingerprint density at radius 2 is 2.07 bits per heavy atom. The molecule has 0 aliphatic heterocycles. The molecule has 2 heteroatoms. The van der Waals surface area contributed by atoms with Crippen LogP contribution in [-0.4, -0.2) is 5.78 Å². The van der Waals surface area contributed by atoms with E-state index in [4.69, 9.17) is 0 Å². The first-order chi connectivity index (χ1) is 6.50. The Morgan fingerprint density at radius 3 is 2.79 bits per heavy atom. The number of hydrogen-bond donors (Lipinski definition) is 0. The molecule has 0 radical (unpaired) electrons. The molecule has 1 aromatic rings. The van der Waals surface area contributed by atoms with E-state index < -0.39 is 0 Å². The Bertz CT molecular complexity index is 393. The standard InChI is InChI=1S/C12H13FO/c1-12(2)6-5-11(14)9-7-8(13)3-4-10(9)12/h3-4,7H,5-6H2,1-2H3. The number of Topliss-reactive ketones (excluding diaryl/α,β-unsaturated/α-hetero) is 1. The Morgan fingerprint density at radius 1 is 1.36 bits per heavy atom. The minimum atomic E-state index is -0.324. The predicted molar refractivity (Wildman–Crippen MR) is 53.0 cm³/mol. The number of carbonyl (C=O) groups is 1. The number of rotatable bonds is 0. The maximum absolute atomic E-state index is 13.0. The van der Waals surface area contributed by atoms with Crippen LogP contribution in [0.1, 0.15) is 42.6 Å². The quantitative estimate of drug-likeness (QED) is 0.617. The van der Waals surface area contributed by atoms with Gasteiger partial charge in [-0.1, -0.05) is 19.9 Å². The lowest BCUT2D eigenvalue weighted by atomic mass is 9.72. The highest BCUT2D eigenvalue weighted by atomic mass is 19.1. The Kier molecular flexibility index (Phi) is 1.95. The van der Waals surface area contributed by atoms with Gasteiger partial charge in [-0.2, -0.15) is 0 Å². The smallest absolute Gasteiger partial charge is 0.163 e. The first-order valence-electron chi connectivity index (χ1n) is 4.84. The van der Waals surface area contributed by atoms with Gasteiger partial charge < -0.3 is 0 Å². The van der Waals surface area contributed by atoms with E-state index in [1.165, 1.54) is 12.1 Å². The van der Waals surface area contributed by atoms with Crippen molar-refractivity contribution in [2.24, 2.45) is 0 Å². The molecule has 0 bridgehead atoms. The van der Waals surface area contributed by atoms with Crippen LogP contribution in [0.25, 0.3) is 0 Å². The van der Waals surface area contributed by atoms with Gasteiger partial charge in [0.2, 0.25) is 0 Å². The second-order valence-corrected chi connectivity index (χ2v) is 4.50. The van der Waals surface area contributed by atoms with Gasteiger partial charge in [0, 0.05) is 12.0 Å². The maximum atomic E-state index is 13.0. The summed E-state index contributed by atoms with van der Waals surface area (Å²) in [6, 6.07) is 4.53. The zero-order valence-corrected chi connectivity index (χ0v) is 8.43. The molecule has 0 unspecified atom stereocenters. The summed E-state index contributed by atoms with van der Waals surface area (Å²) in [4.78, 5) is 11.6. The fraction of sp³-hybridized carbons (Fsp3) is 0.417. The molecule has 1 aliphatic rings. The van der Waals surface area contributed by atoms with Gasteiger partial charge in [-0.3, -0.25) is 4.79 Å². The van der Waals surface area contributed by atoms with Crippen molar-refractivity contribution >= 4 is 5.78 Å². The number of fused-ring (bicyclic) bond motifs is 1. The molecule has 0 saturated carbocycles. The van der Waals surface area contributed by atoms with Crippen LogP contribution < -0.4 is 0 Å². The summed E-state index contributed by atoms with van der Waals surface area (Å²) in [5.74, 6) is -0.256. The highest BCUT2D eigenvalue weighted by Crippen LogP contribution is 2.36. The molecule has 0 heterocycles. The average Bonchev–Trinajstić information content (AvgIpc) is 2.12. The molecule has 0 aromatic heterocycles. The van der Waals surface area contributed by atoms with Crippen LogP contribution in [0.4, 0.5) is 4.39 Å². The summed E-state index contributed by atoms with van der Waals surface area (Å²) in [6.07, 6.45) is 1.38. The SMILES string of the molecule is CC1(C)CCC(=O)c2cc(F)ccc21. The number of benzene rings is 1. The molecule has 1 aromatic carbocycles. The van der Waals surface area contributed by atoms with E-state index in [0.717, 1.165) is 12.0 Å². The Hall–Kier alpha value is -1.18. The largest absolute Gasteiger partial charge is 0.294 e. The summed E-state index contributed by atoms with van der Waals surface area (Å²) < 4.78 is 13.0. The fourth-order valence-electron chi connectivity index (χ4n) is 2.03. The van der Waals surface area contributed by atoms with Crippen molar-refractivity contribution in [3.63, 3.8) is 0 Å². The molecule has 2 rings (SSSR count). The normalized spacial score (nSPS) is 19.2. The van der Waals surface area contributed by atoms with Crippen LogP contribution in [-0.2, 0) is 5.41 Å². The zero-order chi connectivity index (χ0) is 10.3. The molecular weight excluding hydrogens is 179 g/mol. The van der Waals surface area contributed by atoms with E-state index in [1.807, 2.05) is 0 Å². The van der Waals surface area contributed by atoms with Crippen molar-refractivity contribution < 1.29 is 9.18 Å². The van der Waals surface area contributed by atoms with Gasteiger partial charge in [0.15, 0.2) is 5.78 Å². The highest BCUT2D eigenvalue weighted by Gasteiger charge is 2.31. The summed E-state index contributed by atoms with van der Waals surface area (Å²) in [7, 11) is 0. The summed E-state index contributed by atoms with van der Waals surface area (Å²) in [6.45, 7) is 4.19. The van der Waals surface area contributed by atoms with Gasteiger partial charge in [0.25, 0.3) is 0 Å². The lowest BCUT2D eigenvalue weighted by Crippen LogP contribution is -2.27. The number of hydrogen-bond acceptors (Lipinski definition) is 1. The van der Waals surface area contributed by atoms with Gasteiger partial charge in [-0.05, 0) is 29.5 Å². The van der Waals surface area contributed by atoms with E-state index in [9.17, 15) is 9.18 Å². The van der Waals surface area contributed by atoms with Gasteiger partial charge in [-0.25, -0.2) is 4.39 Å². The van der Waals surface area contributed by atoms with Gasteiger partial charge in [-0.15, -0.1) is 0 Å². The summed E-state index contributed by atoms with van der Waals surface area (Å²) in [5, 5.41) is 0. The van der Waals surface area contributed by atoms with Crippen LogP contribution in [0.5, 0.6) is 0 Å². The summed E-state index contributed by atoms with van der Waals surface area (Å²) in [5.41, 5.74) is 1.55. The molecule has 1 nitrogen and oxygen atoms in total. The third-order valence-corrected chi connectivity index (χ3v) is 2.99. The van der Waals surface area contributed by atoms with Crippen LogP contribution in [0.3, 0.4) is 0 Å². The predicted octanol–water partition coefficient (Wildman–Crippen LogP) is 3.08. The van der Waals surface area contributed by atoms with E-state index in [1.54, 1.807) is 6.07 Å². The third-order valence-electron chi connectivity index (χ3n) is 2.99. The molecule has 1 aliphatic carbocycles. The Balaban J connectivity index is 2.63. The third kappa shape index (κ3) is 1.35. The van der Waals surface area contributed by atoms with Gasteiger partial charge in [0.1, 0.15) is 5.82 Å². The molecule has 0 atom stereocenters. The lowest BCUT2D eigenvalue weighted by molar-refractivity contribution is 0.0956. The van der Waals surface area contributed by atoms with Crippen molar-refractivity contribution in [1.82, 2.24) is 0 Å². The first kappa shape index (κ1) is 9.38. The average molecular weight is 192 g/mol. The van der Waals surface area contributed by atoms with Crippen molar-refractivity contribution in [2.45, 2.75) is 32.1 Å². The minimum absolute atomic E-state index is 0.00303. The van der Waals surface area contributed by atoms with Gasteiger partial charge >= 0.3 is 0 Å². The highest BCUT2D eigenvalue weighted by molar-refractivity contribution is 5.99. The Labute approximate surface area is 82.9 Å². The van der Waals surface area contributed by atoms with E-state index in [-0.39, 0.29) is 17.0 Å². The molecule has 0 amide bonds. The van der Waals surface area contributed by atoms with E-state index in [0.29, 0.717) is 12.0 Å². The van der Waals surface area contributed by atoms with Crippen LogP contribution in [0.15, 0.2) is 18.2 Å². The molecule has 14 heavy (non-hydrogen) atoms. The minimum Gasteiger partial charge on any atom is -0.294 e. The topological polar surface area (TPSA) is 17.1 Å². The molecule has 0 spiro atoms. The van der Waals surface area contributed by atoms with Gasteiger partial charge in [0.05, 0.1) is 0 Å².